The van der Waals surface area contributed by atoms with Crippen LogP contribution in [0.15, 0.2) is 12.1 Å². The summed E-state index contributed by atoms with van der Waals surface area (Å²) >= 11 is 1.87. The minimum absolute atomic E-state index is 0.121. The van der Waals surface area contributed by atoms with Gasteiger partial charge in [0.05, 0.1) is 5.54 Å². The Morgan fingerprint density at radius 3 is 1.94 bits per heavy atom. The lowest BCUT2D eigenvalue weighted by Crippen LogP contribution is -2.49. The molecule has 1 fully saturated rings. The number of nitrogens with two attached hydrogens (primary N) is 1. The van der Waals surface area contributed by atoms with Crippen LogP contribution in [0.2, 0.25) is 0 Å². The third kappa shape index (κ3) is 2.74. The molecule has 17 heavy (non-hydrogen) atoms. The van der Waals surface area contributed by atoms with E-state index >= 15 is 0 Å². The molecule has 0 bridgehead atoms. The van der Waals surface area contributed by atoms with Gasteiger partial charge in [-0.3, -0.25) is 0 Å². The molecule has 2 rings (SSSR count). The number of aryl methyl sites for hydroxylation is 1. The predicted molar refractivity (Wildman–Crippen MR) is 76.3 cm³/mol. The van der Waals surface area contributed by atoms with Crippen molar-refractivity contribution in [1.29, 1.82) is 0 Å². The first-order valence-corrected chi connectivity index (χ1v) is 7.30. The van der Waals surface area contributed by atoms with Crippen LogP contribution in [0.4, 0.5) is 0 Å². The first-order chi connectivity index (χ1) is 7.62. The quantitative estimate of drug-likeness (QED) is 0.784. The maximum Gasteiger partial charge on any atom is 0.0514 e. The highest BCUT2D eigenvalue weighted by molar-refractivity contribution is 7.12. The molecule has 0 unspecified atom stereocenters. The van der Waals surface area contributed by atoms with Gasteiger partial charge in [-0.1, -0.05) is 27.7 Å². The Morgan fingerprint density at radius 1 is 1.00 bits per heavy atom. The molecule has 0 radical (unpaired) electrons. The topological polar surface area (TPSA) is 26.0 Å². The van der Waals surface area contributed by atoms with E-state index in [0.29, 0.717) is 10.8 Å². The van der Waals surface area contributed by atoms with Crippen molar-refractivity contribution in [2.45, 2.75) is 59.4 Å². The van der Waals surface area contributed by atoms with Gasteiger partial charge in [0.25, 0.3) is 0 Å². The normalized spacial score (nSPS) is 25.8. The van der Waals surface area contributed by atoms with E-state index in [-0.39, 0.29) is 5.54 Å². The first-order valence-electron chi connectivity index (χ1n) is 6.48. The molecule has 0 aliphatic heterocycles. The molecule has 0 atom stereocenters. The molecule has 1 aromatic heterocycles. The van der Waals surface area contributed by atoms with Gasteiger partial charge in [0.2, 0.25) is 0 Å². The summed E-state index contributed by atoms with van der Waals surface area (Å²) in [6.45, 7) is 11.6. The minimum atomic E-state index is -0.121. The van der Waals surface area contributed by atoms with Crippen LogP contribution in [-0.4, -0.2) is 0 Å². The molecule has 1 aromatic rings. The highest BCUT2D eigenvalue weighted by Crippen LogP contribution is 2.53. The first kappa shape index (κ1) is 13.1. The minimum Gasteiger partial charge on any atom is -0.321 e. The van der Waals surface area contributed by atoms with E-state index in [0.717, 1.165) is 12.8 Å². The molecule has 2 heteroatoms. The van der Waals surface area contributed by atoms with Gasteiger partial charge in [0, 0.05) is 9.75 Å². The van der Waals surface area contributed by atoms with E-state index < -0.39 is 0 Å². The van der Waals surface area contributed by atoms with Crippen molar-refractivity contribution in [1.82, 2.24) is 0 Å². The molecule has 0 aromatic carbocycles. The Morgan fingerprint density at radius 2 is 1.53 bits per heavy atom. The highest BCUT2D eigenvalue weighted by atomic mass is 32.1. The van der Waals surface area contributed by atoms with Gasteiger partial charge in [0.15, 0.2) is 0 Å². The van der Waals surface area contributed by atoms with E-state index in [9.17, 15) is 0 Å². The van der Waals surface area contributed by atoms with Crippen molar-refractivity contribution in [2.24, 2.45) is 16.6 Å². The van der Waals surface area contributed by atoms with E-state index in [2.05, 4.69) is 46.8 Å². The largest absolute Gasteiger partial charge is 0.321 e. The third-order valence-electron chi connectivity index (χ3n) is 3.78. The van der Waals surface area contributed by atoms with Crippen molar-refractivity contribution in [2.75, 3.05) is 0 Å². The molecule has 1 heterocycles. The monoisotopic (exact) mass is 251 g/mol. The maximum absolute atomic E-state index is 6.76. The molecule has 1 nitrogen and oxygen atoms in total. The molecule has 0 amide bonds. The second-order valence-corrected chi connectivity index (χ2v) is 8.71. The third-order valence-corrected chi connectivity index (χ3v) is 5.00. The summed E-state index contributed by atoms with van der Waals surface area (Å²) in [5.41, 5.74) is 7.32. The number of hydrogen-bond acceptors (Lipinski definition) is 2. The Balaban J connectivity index is 2.36. The van der Waals surface area contributed by atoms with Crippen LogP contribution >= 0.6 is 11.3 Å². The van der Waals surface area contributed by atoms with Gasteiger partial charge in [-0.2, -0.15) is 0 Å². The van der Waals surface area contributed by atoms with E-state index in [1.807, 2.05) is 11.3 Å². The zero-order chi connectivity index (χ0) is 12.9. The van der Waals surface area contributed by atoms with Gasteiger partial charge >= 0.3 is 0 Å². The fourth-order valence-corrected chi connectivity index (χ4v) is 5.03. The number of thiophene rings is 1. The van der Waals surface area contributed by atoms with Crippen LogP contribution in [0.25, 0.3) is 0 Å². The lowest BCUT2D eigenvalue weighted by molar-refractivity contribution is 0.0488. The lowest BCUT2D eigenvalue weighted by atomic mass is 9.58. The van der Waals surface area contributed by atoms with Gasteiger partial charge in [0.1, 0.15) is 0 Å². The zero-order valence-electron chi connectivity index (χ0n) is 11.8. The number of hydrogen-bond donors (Lipinski definition) is 1. The van der Waals surface area contributed by atoms with E-state index in [1.54, 1.807) is 0 Å². The van der Waals surface area contributed by atoms with Crippen LogP contribution < -0.4 is 5.73 Å². The molecule has 0 saturated heterocycles. The van der Waals surface area contributed by atoms with Gasteiger partial charge in [-0.25, -0.2) is 0 Å². The molecule has 2 N–H and O–H groups in total. The molecular weight excluding hydrogens is 226 g/mol. The Bertz CT molecular complexity index is 398. The van der Waals surface area contributed by atoms with Crippen molar-refractivity contribution in [3.63, 3.8) is 0 Å². The molecular formula is C15H25NS. The summed E-state index contributed by atoms with van der Waals surface area (Å²) in [6, 6.07) is 4.43. The molecule has 1 saturated carbocycles. The smallest absolute Gasteiger partial charge is 0.0514 e. The van der Waals surface area contributed by atoms with Crippen molar-refractivity contribution in [3.05, 3.63) is 21.9 Å². The molecule has 0 spiro atoms. The van der Waals surface area contributed by atoms with Gasteiger partial charge in [-0.05, 0) is 49.1 Å². The fraction of sp³-hybridized carbons (Fsp3) is 0.733. The van der Waals surface area contributed by atoms with Gasteiger partial charge in [-0.15, -0.1) is 11.3 Å². The fourth-order valence-electron chi connectivity index (χ4n) is 4.07. The van der Waals surface area contributed by atoms with E-state index in [4.69, 9.17) is 5.73 Å². The predicted octanol–water partition coefficient (Wildman–Crippen LogP) is 4.45. The SMILES string of the molecule is Cc1ccc(C2(N)CC(C)(C)CC(C)(C)C2)s1. The highest BCUT2D eigenvalue weighted by Gasteiger charge is 2.46. The van der Waals surface area contributed by atoms with Crippen molar-refractivity contribution >= 4 is 11.3 Å². The van der Waals surface area contributed by atoms with Crippen LogP contribution in [0.3, 0.4) is 0 Å². The van der Waals surface area contributed by atoms with Crippen LogP contribution in [-0.2, 0) is 5.54 Å². The molecule has 1 aliphatic carbocycles. The summed E-state index contributed by atoms with van der Waals surface area (Å²) in [6.07, 6.45) is 3.47. The standard InChI is InChI=1S/C15H25NS/c1-11-6-7-12(17-11)15(16)9-13(2,3)8-14(4,5)10-15/h6-7H,8-10,16H2,1-5H3. The maximum atomic E-state index is 6.76. The van der Waals surface area contributed by atoms with Crippen LogP contribution in [0.1, 0.15) is 56.7 Å². The summed E-state index contributed by atoms with van der Waals surface area (Å²) in [4.78, 5) is 2.74. The average molecular weight is 251 g/mol. The average Bonchev–Trinajstić information content (AvgIpc) is 2.44. The summed E-state index contributed by atoms with van der Waals surface area (Å²) < 4.78 is 0. The summed E-state index contributed by atoms with van der Waals surface area (Å²) in [5.74, 6) is 0. The van der Waals surface area contributed by atoms with Crippen molar-refractivity contribution < 1.29 is 0 Å². The molecule has 1 aliphatic rings. The second kappa shape index (κ2) is 3.83. The van der Waals surface area contributed by atoms with Gasteiger partial charge < -0.3 is 5.73 Å². The molecule has 96 valence electrons. The lowest BCUT2D eigenvalue weighted by Gasteiger charge is -2.50. The van der Waals surface area contributed by atoms with Crippen LogP contribution in [0.5, 0.6) is 0 Å². The Kier molecular flexibility index (Phi) is 2.95. The van der Waals surface area contributed by atoms with Crippen molar-refractivity contribution in [3.8, 4) is 0 Å². The Labute approximate surface area is 109 Å². The Hall–Kier alpha value is -0.340. The zero-order valence-corrected chi connectivity index (χ0v) is 12.6. The van der Waals surface area contributed by atoms with Crippen LogP contribution in [0, 0.1) is 17.8 Å². The summed E-state index contributed by atoms with van der Waals surface area (Å²) in [7, 11) is 0. The summed E-state index contributed by atoms with van der Waals surface area (Å²) in [5, 5.41) is 0. The number of rotatable bonds is 1. The van der Waals surface area contributed by atoms with E-state index in [1.165, 1.54) is 16.2 Å². The second-order valence-electron chi connectivity index (χ2n) is 7.43.